The minimum atomic E-state index is -1.00. The molecule has 0 aliphatic carbocycles. The predicted octanol–water partition coefficient (Wildman–Crippen LogP) is 2.66. The van der Waals surface area contributed by atoms with E-state index in [1.807, 2.05) is 19.1 Å². The number of fused-ring (bicyclic) bond motifs is 1. The summed E-state index contributed by atoms with van der Waals surface area (Å²) in [5.41, 5.74) is 2.10. The molecule has 2 amide bonds. The standard InChI is InChI=1S/C20H20N2O5/c1-12-7-3-4-8-14(12)21-19(24)13(2)26-18(23)11-17-20(25)22-15-9-5-6-10-16(15)27-17/h3-10,13,17H,11H2,1-2H3,(H,21,24)(H,22,25). The Bertz CT molecular complexity index is 880. The van der Waals surface area contributed by atoms with Gasteiger partial charge in [-0.25, -0.2) is 0 Å². The number of rotatable bonds is 5. The summed E-state index contributed by atoms with van der Waals surface area (Å²) in [6, 6.07) is 14.2. The Hall–Kier alpha value is -3.35. The summed E-state index contributed by atoms with van der Waals surface area (Å²) >= 11 is 0. The molecular formula is C20H20N2O5. The predicted molar refractivity (Wildman–Crippen MR) is 99.5 cm³/mol. The number of aryl methyl sites for hydroxylation is 1. The van der Waals surface area contributed by atoms with Gasteiger partial charge in [0.05, 0.1) is 12.1 Å². The minimum Gasteiger partial charge on any atom is -0.478 e. The summed E-state index contributed by atoms with van der Waals surface area (Å²) < 4.78 is 10.7. The van der Waals surface area contributed by atoms with E-state index >= 15 is 0 Å². The van der Waals surface area contributed by atoms with Crippen LogP contribution in [0.15, 0.2) is 48.5 Å². The van der Waals surface area contributed by atoms with Gasteiger partial charge in [-0.1, -0.05) is 30.3 Å². The SMILES string of the molecule is Cc1ccccc1NC(=O)C(C)OC(=O)CC1Oc2ccccc2NC1=O. The van der Waals surface area contributed by atoms with E-state index in [0.717, 1.165) is 5.56 Å². The highest BCUT2D eigenvalue weighted by atomic mass is 16.6. The molecular weight excluding hydrogens is 348 g/mol. The molecule has 3 rings (SSSR count). The lowest BCUT2D eigenvalue weighted by molar-refractivity contribution is -0.155. The van der Waals surface area contributed by atoms with Crippen molar-refractivity contribution in [2.45, 2.75) is 32.5 Å². The lowest BCUT2D eigenvalue weighted by Gasteiger charge is -2.25. The first-order valence-electron chi connectivity index (χ1n) is 8.56. The normalized spacial score (nSPS) is 16.4. The van der Waals surface area contributed by atoms with Crippen molar-refractivity contribution < 1.29 is 23.9 Å². The Morgan fingerprint density at radius 3 is 2.67 bits per heavy atom. The zero-order valence-corrected chi connectivity index (χ0v) is 15.0. The second kappa shape index (κ2) is 7.90. The lowest BCUT2D eigenvalue weighted by atomic mass is 10.1. The molecule has 0 spiro atoms. The van der Waals surface area contributed by atoms with Gasteiger partial charge in [0.15, 0.2) is 12.2 Å². The molecule has 2 N–H and O–H groups in total. The Morgan fingerprint density at radius 1 is 1.19 bits per heavy atom. The zero-order chi connectivity index (χ0) is 19.4. The Kier molecular flexibility index (Phi) is 5.40. The van der Waals surface area contributed by atoms with Gasteiger partial charge in [0.25, 0.3) is 11.8 Å². The van der Waals surface area contributed by atoms with Gasteiger partial charge in [-0.3, -0.25) is 14.4 Å². The van der Waals surface area contributed by atoms with Crippen LogP contribution in [0.4, 0.5) is 11.4 Å². The van der Waals surface area contributed by atoms with Gasteiger partial charge < -0.3 is 20.1 Å². The summed E-state index contributed by atoms with van der Waals surface area (Å²) in [7, 11) is 0. The topological polar surface area (TPSA) is 93.7 Å². The van der Waals surface area contributed by atoms with Gasteiger partial charge in [-0.15, -0.1) is 0 Å². The van der Waals surface area contributed by atoms with E-state index in [1.54, 1.807) is 36.4 Å². The zero-order valence-electron chi connectivity index (χ0n) is 15.0. The molecule has 7 nitrogen and oxygen atoms in total. The largest absolute Gasteiger partial charge is 0.478 e. The number of ether oxygens (including phenoxy) is 2. The maximum absolute atomic E-state index is 12.2. The molecule has 2 atom stereocenters. The first-order chi connectivity index (χ1) is 12.9. The third kappa shape index (κ3) is 4.44. The van der Waals surface area contributed by atoms with Crippen LogP contribution in [0.3, 0.4) is 0 Å². The molecule has 1 aliphatic heterocycles. The fraction of sp³-hybridized carbons (Fsp3) is 0.250. The number of benzene rings is 2. The van der Waals surface area contributed by atoms with E-state index in [9.17, 15) is 14.4 Å². The molecule has 140 valence electrons. The molecule has 0 radical (unpaired) electrons. The summed E-state index contributed by atoms with van der Waals surface area (Å²) in [5, 5.41) is 5.39. The number of nitrogens with one attached hydrogen (secondary N) is 2. The number of hydrogen-bond donors (Lipinski definition) is 2. The van der Waals surface area contributed by atoms with Crippen LogP contribution in [0, 0.1) is 6.92 Å². The van der Waals surface area contributed by atoms with Gasteiger partial charge in [-0.05, 0) is 37.6 Å². The quantitative estimate of drug-likeness (QED) is 0.792. The highest BCUT2D eigenvalue weighted by Gasteiger charge is 2.31. The highest BCUT2D eigenvalue weighted by molar-refractivity contribution is 6.00. The van der Waals surface area contributed by atoms with Gasteiger partial charge in [0.1, 0.15) is 5.75 Å². The summed E-state index contributed by atoms with van der Waals surface area (Å²) in [6.45, 7) is 3.34. The van der Waals surface area contributed by atoms with E-state index in [2.05, 4.69) is 10.6 Å². The van der Waals surface area contributed by atoms with E-state index in [-0.39, 0.29) is 6.42 Å². The van der Waals surface area contributed by atoms with Crippen molar-refractivity contribution >= 4 is 29.2 Å². The van der Waals surface area contributed by atoms with Crippen molar-refractivity contribution in [1.82, 2.24) is 0 Å². The lowest BCUT2D eigenvalue weighted by Crippen LogP contribution is -2.40. The van der Waals surface area contributed by atoms with Crippen LogP contribution in [0.1, 0.15) is 18.9 Å². The van der Waals surface area contributed by atoms with Crippen molar-refractivity contribution in [3.05, 3.63) is 54.1 Å². The molecule has 2 aromatic rings. The fourth-order valence-corrected chi connectivity index (χ4v) is 2.62. The Labute approximate surface area is 156 Å². The van der Waals surface area contributed by atoms with Crippen molar-refractivity contribution in [3.8, 4) is 5.75 Å². The van der Waals surface area contributed by atoms with E-state index < -0.39 is 30.0 Å². The van der Waals surface area contributed by atoms with Crippen LogP contribution < -0.4 is 15.4 Å². The van der Waals surface area contributed by atoms with Crippen molar-refractivity contribution in [2.75, 3.05) is 10.6 Å². The molecule has 0 saturated heterocycles. The fourth-order valence-electron chi connectivity index (χ4n) is 2.62. The van der Waals surface area contributed by atoms with E-state index in [0.29, 0.717) is 17.1 Å². The van der Waals surface area contributed by atoms with Crippen LogP contribution in [0.25, 0.3) is 0 Å². The summed E-state index contributed by atoms with van der Waals surface area (Å²) in [6.07, 6.45) is -2.29. The molecule has 1 aliphatic rings. The smallest absolute Gasteiger partial charge is 0.310 e. The van der Waals surface area contributed by atoms with Crippen molar-refractivity contribution in [2.24, 2.45) is 0 Å². The number of amides is 2. The number of hydrogen-bond acceptors (Lipinski definition) is 5. The maximum atomic E-state index is 12.2. The van der Waals surface area contributed by atoms with Crippen LogP contribution in [-0.4, -0.2) is 30.0 Å². The molecule has 0 aromatic heterocycles. The number of carbonyl (C=O) groups excluding carboxylic acids is 3. The Morgan fingerprint density at radius 2 is 1.89 bits per heavy atom. The summed E-state index contributed by atoms with van der Waals surface area (Å²) in [4.78, 5) is 36.4. The van der Waals surface area contributed by atoms with Gasteiger partial charge in [0.2, 0.25) is 0 Å². The third-order valence-corrected chi connectivity index (χ3v) is 4.14. The highest BCUT2D eigenvalue weighted by Crippen LogP contribution is 2.29. The van der Waals surface area contributed by atoms with Crippen molar-refractivity contribution in [1.29, 1.82) is 0 Å². The number of carbonyl (C=O) groups is 3. The maximum Gasteiger partial charge on any atom is 0.310 e. The van der Waals surface area contributed by atoms with E-state index in [1.165, 1.54) is 6.92 Å². The monoisotopic (exact) mass is 368 g/mol. The second-order valence-corrected chi connectivity index (χ2v) is 6.23. The average molecular weight is 368 g/mol. The molecule has 2 unspecified atom stereocenters. The first kappa shape index (κ1) is 18.4. The average Bonchev–Trinajstić information content (AvgIpc) is 2.64. The number of para-hydroxylation sites is 3. The summed E-state index contributed by atoms with van der Waals surface area (Å²) in [5.74, 6) is -1.08. The minimum absolute atomic E-state index is 0.290. The molecule has 0 saturated carbocycles. The van der Waals surface area contributed by atoms with E-state index in [4.69, 9.17) is 9.47 Å². The third-order valence-electron chi connectivity index (χ3n) is 4.14. The van der Waals surface area contributed by atoms with Crippen LogP contribution >= 0.6 is 0 Å². The van der Waals surface area contributed by atoms with Gasteiger partial charge in [-0.2, -0.15) is 0 Å². The number of esters is 1. The number of anilines is 2. The molecule has 27 heavy (non-hydrogen) atoms. The van der Waals surface area contributed by atoms with Crippen LogP contribution in [0.2, 0.25) is 0 Å². The molecule has 7 heteroatoms. The van der Waals surface area contributed by atoms with Gasteiger partial charge >= 0.3 is 5.97 Å². The van der Waals surface area contributed by atoms with Crippen LogP contribution in [-0.2, 0) is 19.1 Å². The molecule has 2 aromatic carbocycles. The van der Waals surface area contributed by atoms with Crippen LogP contribution in [0.5, 0.6) is 5.75 Å². The Balaban J connectivity index is 1.55. The van der Waals surface area contributed by atoms with Gasteiger partial charge in [0, 0.05) is 5.69 Å². The second-order valence-electron chi connectivity index (χ2n) is 6.23. The first-order valence-corrected chi connectivity index (χ1v) is 8.56. The molecule has 0 bridgehead atoms. The molecule has 0 fully saturated rings. The molecule has 1 heterocycles. The van der Waals surface area contributed by atoms with Crippen molar-refractivity contribution in [3.63, 3.8) is 0 Å².